The molecule has 5 heteroatoms. The Morgan fingerprint density at radius 3 is 2.85 bits per heavy atom. The maximum Gasteiger partial charge on any atom is 0.188 e. The first-order chi connectivity index (χ1) is 9.86. The molecule has 2 heterocycles. The zero-order valence-electron chi connectivity index (χ0n) is 11.2. The molecule has 0 aliphatic carbocycles. The zero-order valence-corrected chi connectivity index (χ0v) is 12.0. The molecule has 0 bridgehead atoms. The molecule has 104 valence electrons. The number of rotatable bonds is 5. The van der Waals surface area contributed by atoms with Crippen LogP contribution in [0.15, 0.2) is 46.9 Å². The fraction of sp³-hybridized carbons (Fsp3) is 0.267. The van der Waals surface area contributed by atoms with Crippen LogP contribution in [0.5, 0.6) is 5.75 Å². The van der Waals surface area contributed by atoms with Gasteiger partial charge in [0, 0.05) is 13.5 Å². The highest BCUT2D eigenvalue weighted by Gasteiger charge is 2.21. The predicted molar refractivity (Wildman–Crippen MR) is 80.3 cm³/mol. The van der Waals surface area contributed by atoms with E-state index >= 15 is 0 Å². The predicted octanol–water partition coefficient (Wildman–Crippen LogP) is 3.17. The molecule has 0 spiro atoms. The Morgan fingerprint density at radius 2 is 2.15 bits per heavy atom. The van der Waals surface area contributed by atoms with E-state index in [9.17, 15) is 0 Å². The quantitative estimate of drug-likeness (QED) is 0.859. The molecular formula is C15H16N2O2S. The van der Waals surface area contributed by atoms with E-state index in [2.05, 4.69) is 40.2 Å². The number of hydrogen-bond donors (Lipinski definition) is 1. The zero-order chi connectivity index (χ0) is 13.8. The number of nitrogens with zero attached hydrogens (tertiary/aromatic N) is 1. The number of benzene rings is 1. The Morgan fingerprint density at radius 1 is 1.30 bits per heavy atom. The fourth-order valence-electron chi connectivity index (χ4n) is 2.15. The molecular weight excluding hydrogens is 272 g/mol. The van der Waals surface area contributed by atoms with Gasteiger partial charge in [-0.2, -0.15) is 5.10 Å². The molecule has 1 aromatic carbocycles. The fourth-order valence-corrected chi connectivity index (χ4v) is 2.88. The highest BCUT2D eigenvalue weighted by molar-refractivity contribution is 7.12. The smallest absolute Gasteiger partial charge is 0.188 e. The van der Waals surface area contributed by atoms with Gasteiger partial charge in [0.1, 0.15) is 5.75 Å². The van der Waals surface area contributed by atoms with Crippen LogP contribution in [-0.4, -0.2) is 19.6 Å². The van der Waals surface area contributed by atoms with Crippen LogP contribution in [0.4, 0.5) is 0 Å². The summed E-state index contributed by atoms with van der Waals surface area (Å²) in [5, 5.41) is 6.51. The molecule has 4 nitrogen and oxygen atoms in total. The number of hydrazone groups is 1. The molecule has 1 aliphatic rings. The minimum Gasteiger partial charge on any atom is -0.468 e. The lowest BCUT2D eigenvalue weighted by atomic mass is 10.0. The first-order valence-electron chi connectivity index (χ1n) is 6.44. The van der Waals surface area contributed by atoms with Crippen molar-refractivity contribution >= 4 is 17.0 Å². The van der Waals surface area contributed by atoms with Crippen molar-refractivity contribution in [3.05, 3.63) is 52.2 Å². The molecule has 1 unspecified atom stereocenters. The number of thiophene rings is 1. The van der Waals surface area contributed by atoms with Gasteiger partial charge in [-0.15, -0.1) is 11.3 Å². The second-order valence-electron chi connectivity index (χ2n) is 4.54. The molecule has 3 rings (SSSR count). The molecule has 0 saturated carbocycles. The van der Waals surface area contributed by atoms with Crippen molar-refractivity contribution in [3.8, 4) is 5.75 Å². The summed E-state index contributed by atoms with van der Waals surface area (Å²) in [6.45, 7) is 0.270. The van der Waals surface area contributed by atoms with E-state index in [1.165, 1.54) is 10.4 Å². The summed E-state index contributed by atoms with van der Waals surface area (Å²) >= 11 is 1.72. The van der Waals surface area contributed by atoms with Crippen molar-refractivity contribution in [2.45, 2.75) is 12.5 Å². The molecule has 0 amide bonds. The maximum atomic E-state index is 5.38. The van der Waals surface area contributed by atoms with Crippen LogP contribution in [0.3, 0.4) is 0 Å². The molecule has 0 saturated heterocycles. The Balaban J connectivity index is 1.64. The standard InChI is InChI=1S/C15H16N2O2S/c1-18-10-19-12-6-4-11(5-7-12)13-9-14(17-16-13)15-3-2-8-20-15/h2-8,13,16H,9-10H2,1H3. The van der Waals surface area contributed by atoms with Crippen LogP contribution in [0, 0.1) is 0 Å². The summed E-state index contributed by atoms with van der Waals surface area (Å²) in [4.78, 5) is 1.24. The lowest BCUT2D eigenvalue weighted by molar-refractivity contribution is 0.0511. The van der Waals surface area contributed by atoms with Crippen LogP contribution in [0.25, 0.3) is 0 Å². The third-order valence-corrected chi connectivity index (χ3v) is 4.10. The van der Waals surface area contributed by atoms with Gasteiger partial charge in [0.15, 0.2) is 6.79 Å². The first kappa shape index (κ1) is 13.1. The largest absolute Gasteiger partial charge is 0.468 e. The van der Waals surface area contributed by atoms with Crippen molar-refractivity contribution in [1.82, 2.24) is 5.43 Å². The van der Waals surface area contributed by atoms with E-state index in [-0.39, 0.29) is 12.8 Å². The van der Waals surface area contributed by atoms with Gasteiger partial charge >= 0.3 is 0 Å². The highest BCUT2D eigenvalue weighted by atomic mass is 32.1. The van der Waals surface area contributed by atoms with E-state index in [4.69, 9.17) is 9.47 Å². The van der Waals surface area contributed by atoms with Gasteiger partial charge in [0.05, 0.1) is 16.6 Å². The molecule has 1 N–H and O–H groups in total. The third-order valence-electron chi connectivity index (χ3n) is 3.18. The second-order valence-corrected chi connectivity index (χ2v) is 5.49. The van der Waals surface area contributed by atoms with Gasteiger partial charge in [-0.25, -0.2) is 0 Å². The highest BCUT2D eigenvalue weighted by Crippen LogP contribution is 2.27. The summed E-state index contributed by atoms with van der Waals surface area (Å²) < 4.78 is 10.3. The van der Waals surface area contributed by atoms with Crippen molar-refractivity contribution < 1.29 is 9.47 Å². The van der Waals surface area contributed by atoms with Crippen molar-refractivity contribution in [1.29, 1.82) is 0 Å². The monoisotopic (exact) mass is 288 g/mol. The van der Waals surface area contributed by atoms with E-state index in [1.54, 1.807) is 18.4 Å². The van der Waals surface area contributed by atoms with Crippen LogP contribution in [0.1, 0.15) is 22.9 Å². The molecule has 1 atom stereocenters. The van der Waals surface area contributed by atoms with Gasteiger partial charge in [-0.1, -0.05) is 18.2 Å². The minimum atomic E-state index is 0.239. The minimum absolute atomic E-state index is 0.239. The Bertz CT molecular complexity index is 578. The Kier molecular flexibility index (Phi) is 3.99. The SMILES string of the molecule is COCOc1ccc(C2CC(c3cccs3)=NN2)cc1. The molecule has 1 aromatic heterocycles. The van der Waals surface area contributed by atoms with Crippen molar-refractivity contribution in [3.63, 3.8) is 0 Å². The average molecular weight is 288 g/mol. The van der Waals surface area contributed by atoms with Crippen LogP contribution in [-0.2, 0) is 4.74 Å². The number of ether oxygens (including phenoxy) is 2. The van der Waals surface area contributed by atoms with Crippen LogP contribution in [0.2, 0.25) is 0 Å². The average Bonchev–Trinajstić information content (AvgIpc) is 3.16. The Hall–Kier alpha value is -1.85. The van der Waals surface area contributed by atoms with Gasteiger partial charge < -0.3 is 14.9 Å². The Labute approximate surface area is 122 Å². The van der Waals surface area contributed by atoms with Gasteiger partial charge in [0.25, 0.3) is 0 Å². The number of nitrogens with one attached hydrogen (secondary N) is 1. The third kappa shape index (κ3) is 2.84. The topological polar surface area (TPSA) is 42.9 Å². The van der Waals surface area contributed by atoms with Crippen molar-refractivity contribution in [2.75, 3.05) is 13.9 Å². The molecule has 0 fully saturated rings. The van der Waals surface area contributed by atoms with E-state index in [1.807, 2.05) is 12.1 Å². The van der Waals surface area contributed by atoms with Crippen molar-refractivity contribution in [2.24, 2.45) is 5.10 Å². The number of methoxy groups -OCH3 is 1. The van der Waals surface area contributed by atoms with Crippen LogP contribution >= 0.6 is 11.3 Å². The van der Waals surface area contributed by atoms with E-state index < -0.39 is 0 Å². The first-order valence-corrected chi connectivity index (χ1v) is 7.32. The molecule has 2 aromatic rings. The maximum absolute atomic E-state index is 5.38. The lowest BCUT2D eigenvalue weighted by Crippen LogP contribution is -2.09. The molecule has 20 heavy (non-hydrogen) atoms. The summed E-state index contributed by atoms with van der Waals surface area (Å²) in [7, 11) is 1.61. The number of hydrogen-bond acceptors (Lipinski definition) is 5. The van der Waals surface area contributed by atoms with Crippen LogP contribution < -0.4 is 10.2 Å². The second kappa shape index (κ2) is 6.07. The summed E-state index contributed by atoms with van der Waals surface area (Å²) in [6, 6.07) is 12.4. The summed E-state index contributed by atoms with van der Waals surface area (Å²) in [5.41, 5.74) is 5.55. The van der Waals surface area contributed by atoms with Gasteiger partial charge in [-0.05, 0) is 29.1 Å². The summed E-state index contributed by atoms with van der Waals surface area (Å²) in [5.74, 6) is 0.813. The van der Waals surface area contributed by atoms with Gasteiger partial charge in [-0.3, -0.25) is 0 Å². The lowest BCUT2D eigenvalue weighted by Gasteiger charge is -2.11. The summed E-state index contributed by atoms with van der Waals surface area (Å²) in [6.07, 6.45) is 0.915. The molecule has 0 radical (unpaired) electrons. The van der Waals surface area contributed by atoms with Gasteiger partial charge in [0.2, 0.25) is 0 Å². The van der Waals surface area contributed by atoms with E-state index in [0.29, 0.717) is 0 Å². The van der Waals surface area contributed by atoms with E-state index in [0.717, 1.165) is 17.9 Å². The normalized spacial score (nSPS) is 17.6. The molecule has 1 aliphatic heterocycles.